The molecule has 0 spiro atoms. The molecule has 1 aliphatic rings. The molecule has 0 bridgehead atoms. The van der Waals surface area contributed by atoms with Crippen molar-refractivity contribution in [1.82, 2.24) is 5.32 Å². The third-order valence-electron chi connectivity index (χ3n) is 3.41. The van der Waals surface area contributed by atoms with Crippen molar-refractivity contribution in [1.29, 1.82) is 0 Å². The van der Waals surface area contributed by atoms with Crippen molar-refractivity contribution in [3.8, 4) is 11.5 Å². The second kappa shape index (κ2) is 9.01. The van der Waals surface area contributed by atoms with Gasteiger partial charge in [-0.1, -0.05) is 6.42 Å². The Morgan fingerprint density at radius 2 is 1.85 bits per heavy atom. The standard InChI is InChI=1S/C16H19F2N3O6/c17-16(18)26-11-6-5-10(8-12(11)27-16)21-13(22)9-25-14(23)4-2-1-3-7-20-15(19)24/h5-6,8H,1-4,7,9H2,(H,21,22)(H3,19,20,24). The minimum Gasteiger partial charge on any atom is -0.456 e. The number of hydrogen-bond donors (Lipinski definition) is 3. The predicted molar refractivity (Wildman–Crippen MR) is 88.3 cm³/mol. The van der Waals surface area contributed by atoms with Crippen LogP contribution in [0.1, 0.15) is 25.7 Å². The van der Waals surface area contributed by atoms with Crippen molar-refractivity contribution >= 4 is 23.6 Å². The summed E-state index contributed by atoms with van der Waals surface area (Å²) in [5, 5.41) is 4.83. The van der Waals surface area contributed by atoms with Crippen LogP contribution in [0, 0.1) is 0 Å². The number of carbonyl (C=O) groups excluding carboxylic acids is 3. The molecule has 4 N–H and O–H groups in total. The third kappa shape index (κ3) is 6.96. The SMILES string of the molecule is NC(=O)NCCCCCC(=O)OCC(=O)Nc1ccc2c(c1)OC(F)(F)O2. The van der Waals surface area contributed by atoms with Crippen LogP contribution < -0.4 is 25.8 Å². The highest BCUT2D eigenvalue weighted by atomic mass is 19.3. The molecule has 9 nitrogen and oxygen atoms in total. The smallest absolute Gasteiger partial charge is 0.456 e. The number of carbonyl (C=O) groups is 3. The first-order valence-electron chi connectivity index (χ1n) is 8.14. The fraction of sp³-hybridized carbons (Fsp3) is 0.438. The quantitative estimate of drug-likeness (QED) is 0.437. The van der Waals surface area contributed by atoms with Crippen molar-refractivity contribution < 1.29 is 37.4 Å². The topological polar surface area (TPSA) is 129 Å². The lowest BCUT2D eigenvalue weighted by molar-refractivity contribution is -0.286. The van der Waals surface area contributed by atoms with Crippen LogP contribution in [0.3, 0.4) is 0 Å². The average Bonchev–Trinajstić information content (AvgIpc) is 2.89. The van der Waals surface area contributed by atoms with Gasteiger partial charge in [-0.15, -0.1) is 8.78 Å². The number of alkyl halides is 2. The largest absolute Gasteiger partial charge is 0.586 e. The molecular formula is C16H19F2N3O6. The number of hydrogen-bond acceptors (Lipinski definition) is 6. The van der Waals surface area contributed by atoms with E-state index in [9.17, 15) is 23.2 Å². The van der Waals surface area contributed by atoms with Gasteiger partial charge in [-0.05, 0) is 25.0 Å². The monoisotopic (exact) mass is 387 g/mol. The maximum absolute atomic E-state index is 12.9. The molecular weight excluding hydrogens is 368 g/mol. The number of nitrogens with one attached hydrogen (secondary N) is 2. The second-order valence-electron chi connectivity index (χ2n) is 5.64. The van der Waals surface area contributed by atoms with Crippen LogP contribution in [0.2, 0.25) is 0 Å². The number of ether oxygens (including phenoxy) is 3. The first kappa shape index (κ1) is 20.2. The lowest BCUT2D eigenvalue weighted by atomic mass is 10.2. The maximum atomic E-state index is 12.9. The van der Waals surface area contributed by atoms with Gasteiger partial charge in [0.25, 0.3) is 5.91 Å². The molecule has 27 heavy (non-hydrogen) atoms. The van der Waals surface area contributed by atoms with Crippen molar-refractivity contribution in [2.24, 2.45) is 5.73 Å². The molecule has 0 fully saturated rings. The zero-order valence-corrected chi connectivity index (χ0v) is 14.3. The molecule has 0 aliphatic carbocycles. The minimum atomic E-state index is -3.74. The van der Waals surface area contributed by atoms with Gasteiger partial charge < -0.3 is 30.6 Å². The van der Waals surface area contributed by atoms with E-state index < -0.39 is 30.8 Å². The molecule has 3 amide bonds. The van der Waals surface area contributed by atoms with E-state index in [0.29, 0.717) is 25.8 Å². The maximum Gasteiger partial charge on any atom is 0.586 e. The van der Waals surface area contributed by atoms with Crippen LogP contribution in [0.5, 0.6) is 11.5 Å². The van der Waals surface area contributed by atoms with Crippen LogP contribution in [-0.4, -0.2) is 37.4 Å². The minimum absolute atomic E-state index is 0.128. The van der Waals surface area contributed by atoms with Crippen LogP contribution in [0.25, 0.3) is 0 Å². The molecule has 1 aliphatic heterocycles. The van der Waals surface area contributed by atoms with Crippen LogP contribution in [-0.2, 0) is 14.3 Å². The van der Waals surface area contributed by atoms with Gasteiger partial charge in [0.05, 0.1) is 0 Å². The Morgan fingerprint density at radius 1 is 1.11 bits per heavy atom. The molecule has 0 saturated carbocycles. The predicted octanol–water partition coefficient (Wildman–Crippen LogP) is 1.72. The number of anilines is 1. The summed E-state index contributed by atoms with van der Waals surface area (Å²) in [5.74, 6) is -1.52. The van der Waals surface area contributed by atoms with Gasteiger partial charge in [0.15, 0.2) is 18.1 Å². The molecule has 0 radical (unpaired) electrons. The normalized spacial score (nSPS) is 13.7. The Bertz CT molecular complexity index is 713. The average molecular weight is 387 g/mol. The number of primary amides is 1. The number of rotatable bonds is 9. The number of unbranched alkanes of at least 4 members (excludes halogenated alkanes) is 2. The van der Waals surface area contributed by atoms with E-state index in [1.165, 1.54) is 18.2 Å². The van der Waals surface area contributed by atoms with Crippen molar-refractivity contribution in [3.05, 3.63) is 18.2 Å². The number of amides is 3. The Kier molecular flexibility index (Phi) is 6.74. The first-order valence-corrected chi connectivity index (χ1v) is 8.14. The van der Waals surface area contributed by atoms with E-state index in [2.05, 4.69) is 20.1 Å². The number of fused-ring (bicyclic) bond motifs is 1. The number of urea groups is 1. The number of benzene rings is 1. The van der Waals surface area contributed by atoms with E-state index in [4.69, 9.17) is 10.5 Å². The molecule has 1 aromatic carbocycles. The first-order chi connectivity index (χ1) is 12.7. The van der Waals surface area contributed by atoms with E-state index >= 15 is 0 Å². The summed E-state index contributed by atoms with van der Waals surface area (Å²) in [6, 6.07) is 3.15. The van der Waals surface area contributed by atoms with Gasteiger partial charge >= 0.3 is 18.3 Å². The summed E-state index contributed by atoms with van der Waals surface area (Å²) in [6.45, 7) is -0.0824. The Hall–Kier alpha value is -3.11. The second-order valence-corrected chi connectivity index (χ2v) is 5.64. The molecule has 0 atom stereocenters. The molecule has 0 aromatic heterocycles. The molecule has 1 aromatic rings. The van der Waals surface area contributed by atoms with Gasteiger partial charge in [-0.2, -0.15) is 0 Å². The van der Waals surface area contributed by atoms with Crippen LogP contribution in [0.15, 0.2) is 18.2 Å². The van der Waals surface area contributed by atoms with Gasteiger partial charge in [0.1, 0.15) is 0 Å². The van der Waals surface area contributed by atoms with Gasteiger partial charge in [-0.25, -0.2) is 4.79 Å². The molecule has 11 heteroatoms. The van der Waals surface area contributed by atoms with E-state index in [1.807, 2.05) is 0 Å². The van der Waals surface area contributed by atoms with Crippen molar-refractivity contribution in [3.63, 3.8) is 0 Å². The van der Waals surface area contributed by atoms with Gasteiger partial charge in [-0.3, -0.25) is 9.59 Å². The number of esters is 1. The summed E-state index contributed by atoms with van der Waals surface area (Å²) >= 11 is 0. The lowest BCUT2D eigenvalue weighted by Crippen LogP contribution is -2.29. The summed E-state index contributed by atoms with van der Waals surface area (Å²) in [6.07, 6.45) is -1.72. The summed E-state index contributed by atoms with van der Waals surface area (Å²) in [7, 11) is 0. The van der Waals surface area contributed by atoms with Gasteiger partial charge in [0.2, 0.25) is 0 Å². The fourth-order valence-corrected chi connectivity index (χ4v) is 2.22. The third-order valence-corrected chi connectivity index (χ3v) is 3.41. The van der Waals surface area contributed by atoms with Gasteiger partial charge in [0, 0.05) is 24.7 Å². The number of nitrogens with two attached hydrogens (primary N) is 1. The fourth-order valence-electron chi connectivity index (χ4n) is 2.22. The molecule has 2 rings (SSSR count). The van der Waals surface area contributed by atoms with E-state index in [-0.39, 0.29) is 23.6 Å². The van der Waals surface area contributed by atoms with Crippen molar-refractivity contribution in [2.75, 3.05) is 18.5 Å². The highest BCUT2D eigenvalue weighted by Gasteiger charge is 2.43. The Balaban J connectivity index is 1.64. The molecule has 148 valence electrons. The van der Waals surface area contributed by atoms with Crippen LogP contribution >= 0.6 is 0 Å². The zero-order valence-electron chi connectivity index (χ0n) is 14.3. The molecule has 1 heterocycles. The lowest BCUT2D eigenvalue weighted by Gasteiger charge is -2.07. The van der Waals surface area contributed by atoms with Crippen LogP contribution in [0.4, 0.5) is 19.3 Å². The summed E-state index contributed by atoms with van der Waals surface area (Å²) in [4.78, 5) is 33.8. The van der Waals surface area contributed by atoms with Crippen molar-refractivity contribution in [2.45, 2.75) is 32.0 Å². The highest BCUT2D eigenvalue weighted by molar-refractivity contribution is 5.93. The Morgan fingerprint density at radius 3 is 2.59 bits per heavy atom. The highest BCUT2D eigenvalue weighted by Crippen LogP contribution is 2.42. The Labute approximate surface area is 153 Å². The molecule has 0 saturated heterocycles. The summed E-state index contributed by atoms with van der Waals surface area (Å²) in [5.41, 5.74) is 5.10. The van der Waals surface area contributed by atoms with E-state index in [0.717, 1.165) is 0 Å². The molecule has 0 unspecified atom stereocenters. The zero-order chi connectivity index (χ0) is 19.9. The summed E-state index contributed by atoms with van der Waals surface area (Å²) < 4.78 is 39.2. The van der Waals surface area contributed by atoms with E-state index in [1.54, 1.807) is 0 Å². The number of halogens is 2.